The Labute approximate surface area is 119 Å². The number of nitrogens with zero attached hydrogens (tertiary/aromatic N) is 5. The van der Waals surface area contributed by atoms with Gasteiger partial charge in [-0.25, -0.2) is 9.48 Å². The number of aromatic nitrogens is 5. The normalized spacial score (nSPS) is 11.0. The maximum absolute atomic E-state index is 11.3. The van der Waals surface area contributed by atoms with Crippen LogP contribution in [-0.4, -0.2) is 35.9 Å². The Morgan fingerprint density at radius 1 is 1.43 bits per heavy atom. The molecule has 1 N–H and O–H groups in total. The standard InChI is InChI=1S/C13H13N5O3/c1-8-3-4-10(21-8)7-18-12(9-5-14-17(2)6-9)11(13(19)20)15-16-18/h3-6H,7H2,1-2H3,(H,19,20). The van der Waals surface area contributed by atoms with Gasteiger partial charge in [0.25, 0.3) is 0 Å². The van der Waals surface area contributed by atoms with E-state index in [1.165, 1.54) is 4.68 Å². The second-order valence-corrected chi connectivity index (χ2v) is 4.66. The summed E-state index contributed by atoms with van der Waals surface area (Å²) in [5.74, 6) is 0.335. The molecule has 0 aliphatic heterocycles. The van der Waals surface area contributed by atoms with Gasteiger partial charge in [-0.15, -0.1) is 5.10 Å². The number of aromatic carboxylic acids is 1. The van der Waals surface area contributed by atoms with Gasteiger partial charge >= 0.3 is 5.97 Å². The Balaban J connectivity index is 2.06. The van der Waals surface area contributed by atoms with Crippen molar-refractivity contribution in [2.24, 2.45) is 7.05 Å². The van der Waals surface area contributed by atoms with Crippen molar-refractivity contribution in [3.8, 4) is 11.3 Å². The lowest BCUT2D eigenvalue weighted by atomic mass is 10.2. The van der Waals surface area contributed by atoms with Gasteiger partial charge in [-0.3, -0.25) is 4.68 Å². The fourth-order valence-electron chi connectivity index (χ4n) is 2.11. The zero-order valence-corrected chi connectivity index (χ0v) is 11.5. The van der Waals surface area contributed by atoms with Crippen LogP contribution in [0, 0.1) is 6.92 Å². The molecule has 0 fully saturated rings. The first-order valence-corrected chi connectivity index (χ1v) is 6.25. The van der Waals surface area contributed by atoms with Crippen molar-refractivity contribution in [2.45, 2.75) is 13.5 Å². The van der Waals surface area contributed by atoms with E-state index in [1.54, 1.807) is 24.1 Å². The first-order valence-electron chi connectivity index (χ1n) is 6.25. The molecule has 3 aromatic heterocycles. The van der Waals surface area contributed by atoms with Crippen LogP contribution in [0.3, 0.4) is 0 Å². The second-order valence-electron chi connectivity index (χ2n) is 4.66. The number of hydrogen-bond donors (Lipinski definition) is 1. The Morgan fingerprint density at radius 2 is 2.24 bits per heavy atom. The van der Waals surface area contributed by atoms with E-state index in [1.807, 2.05) is 19.1 Å². The molecule has 8 nitrogen and oxygen atoms in total. The van der Waals surface area contributed by atoms with E-state index >= 15 is 0 Å². The van der Waals surface area contributed by atoms with E-state index in [-0.39, 0.29) is 5.69 Å². The highest BCUT2D eigenvalue weighted by atomic mass is 16.4. The Kier molecular flexibility index (Phi) is 3.05. The summed E-state index contributed by atoms with van der Waals surface area (Å²) in [5.41, 5.74) is 0.944. The van der Waals surface area contributed by atoms with E-state index in [4.69, 9.17) is 4.42 Å². The van der Waals surface area contributed by atoms with Gasteiger partial charge < -0.3 is 9.52 Å². The molecule has 0 atom stereocenters. The van der Waals surface area contributed by atoms with Gasteiger partial charge in [-0.1, -0.05) is 5.21 Å². The topological polar surface area (TPSA) is 99.0 Å². The molecule has 3 heterocycles. The van der Waals surface area contributed by atoms with E-state index in [0.717, 1.165) is 5.76 Å². The smallest absolute Gasteiger partial charge is 0.358 e. The van der Waals surface area contributed by atoms with Crippen molar-refractivity contribution in [3.05, 3.63) is 41.7 Å². The van der Waals surface area contributed by atoms with E-state index in [0.29, 0.717) is 23.6 Å². The summed E-state index contributed by atoms with van der Waals surface area (Å²) in [6.07, 6.45) is 3.30. The Hall–Kier alpha value is -2.90. The van der Waals surface area contributed by atoms with Crippen LogP contribution in [-0.2, 0) is 13.6 Å². The molecule has 0 unspecified atom stereocenters. The lowest BCUT2D eigenvalue weighted by Crippen LogP contribution is -2.05. The molecule has 0 bridgehead atoms. The van der Waals surface area contributed by atoms with Crippen molar-refractivity contribution in [2.75, 3.05) is 0 Å². The summed E-state index contributed by atoms with van der Waals surface area (Å²) in [7, 11) is 1.76. The second kappa shape index (κ2) is 4.89. The van der Waals surface area contributed by atoms with Gasteiger partial charge in [0.15, 0.2) is 5.69 Å². The summed E-state index contributed by atoms with van der Waals surface area (Å²) in [4.78, 5) is 11.3. The number of furan rings is 1. The SMILES string of the molecule is Cc1ccc(Cn2nnc(C(=O)O)c2-c2cnn(C)c2)o1. The number of hydrogen-bond acceptors (Lipinski definition) is 5. The molecule has 0 amide bonds. The van der Waals surface area contributed by atoms with Crippen molar-refractivity contribution in [3.63, 3.8) is 0 Å². The molecule has 0 radical (unpaired) electrons. The third-order valence-electron chi connectivity index (χ3n) is 3.02. The maximum atomic E-state index is 11.3. The van der Waals surface area contributed by atoms with Gasteiger partial charge in [0.2, 0.25) is 0 Å². The van der Waals surface area contributed by atoms with Crippen LogP contribution in [0.5, 0.6) is 0 Å². The number of aryl methyl sites for hydroxylation is 2. The summed E-state index contributed by atoms with van der Waals surface area (Å²) < 4.78 is 8.59. The van der Waals surface area contributed by atoms with E-state index in [9.17, 15) is 9.90 Å². The Bertz CT molecular complexity index is 798. The highest BCUT2D eigenvalue weighted by Crippen LogP contribution is 2.23. The predicted molar refractivity (Wildman–Crippen MR) is 71.7 cm³/mol. The molecular formula is C13H13N5O3. The number of rotatable bonds is 4. The molecule has 0 aliphatic carbocycles. The minimum Gasteiger partial charge on any atom is -0.476 e. The molecule has 0 saturated heterocycles. The lowest BCUT2D eigenvalue weighted by Gasteiger charge is -2.03. The average molecular weight is 287 g/mol. The fourth-order valence-corrected chi connectivity index (χ4v) is 2.11. The molecule has 3 aromatic rings. The first-order chi connectivity index (χ1) is 10.0. The average Bonchev–Trinajstić information content (AvgIpc) is 3.10. The first kappa shape index (κ1) is 13.1. The molecule has 8 heteroatoms. The molecule has 3 rings (SSSR count). The van der Waals surface area contributed by atoms with Crippen molar-refractivity contribution >= 4 is 5.97 Å². The van der Waals surface area contributed by atoms with E-state index < -0.39 is 5.97 Å². The monoisotopic (exact) mass is 287 g/mol. The minimum atomic E-state index is -1.13. The molecule has 0 spiro atoms. The van der Waals surface area contributed by atoms with Crippen molar-refractivity contribution in [1.82, 2.24) is 24.8 Å². The Morgan fingerprint density at radius 3 is 2.81 bits per heavy atom. The van der Waals surface area contributed by atoms with Crippen LogP contribution >= 0.6 is 0 Å². The number of carboxylic acid groups (broad SMARTS) is 1. The number of carbonyl (C=O) groups is 1. The summed E-state index contributed by atoms with van der Waals surface area (Å²) >= 11 is 0. The van der Waals surface area contributed by atoms with E-state index in [2.05, 4.69) is 15.4 Å². The lowest BCUT2D eigenvalue weighted by molar-refractivity contribution is 0.0691. The minimum absolute atomic E-state index is 0.105. The molecule has 0 aliphatic rings. The molecule has 0 saturated carbocycles. The summed E-state index contributed by atoms with van der Waals surface area (Å²) in [6, 6.07) is 3.67. The third-order valence-corrected chi connectivity index (χ3v) is 3.02. The van der Waals surface area contributed by atoms with Crippen molar-refractivity contribution < 1.29 is 14.3 Å². The largest absolute Gasteiger partial charge is 0.476 e. The van der Waals surface area contributed by atoms with Crippen LogP contribution in [0.25, 0.3) is 11.3 Å². The quantitative estimate of drug-likeness (QED) is 0.777. The van der Waals surface area contributed by atoms with Gasteiger partial charge in [-0.2, -0.15) is 5.10 Å². The predicted octanol–water partition coefficient (Wildman–Crippen LogP) is 1.33. The van der Waals surface area contributed by atoms with Crippen LogP contribution < -0.4 is 0 Å². The highest BCUT2D eigenvalue weighted by Gasteiger charge is 2.22. The van der Waals surface area contributed by atoms with Gasteiger partial charge in [0.05, 0.1) is 6.20 Å². The zero-order valence-electron chi connectivity index (χ0n) is 11.5. The number of carboxylic acids is 1. The molecule has 0 aromatic carbocycles. The van der Waals surface area contributed by atoms with Crippen LogP contribution in [0.15, 0.2) is 28.9 Å². The van der Waals surface area contributed by atoms with Gasteiger partial charge in [0, 0.05) is 18.8 Å². The van der Waals surface area contributed by atoms with Crippen LogP contribution in [0.2, 0.25) is 0 Å². The van der Waals surface area contributed by atoms with Crippen LogP contribution in [0.4, 0.5) is 0 Å². The molecule has 108 valence electrons. The van der Waals surface area contributed by atoms with Crippen molar-refractivity contribution in [1.29, 1.82) is 0 Å². The molecular weight excluding hydrogens is 274 g/mol. The zero-order chi connectivity index (χ0) is 15.0. The fraction of sp³-hybridized carbons (Fsp3) is 0.231. The van der Waals surface area contributed by atoms with Gasteiger partial charge in [0.1, 0.15) is 23.8 Å². The third kappa shape index (κ3) is 2.42. The summed E-state index contributed by atoms with van der Waals surface area (Å²) in [5, 5.41) is 21.0. The molecule has 21 heavy (non-hydrogen) atoms. The summed E-state index contributed by atoms with van der Waals surface area (Å²) in [6.45, 7) is 2.15. The van der Waals surface area contributed by atoms with Crippen LogP contribution in [0.1, 0.15) is 22.0 Å². The van der Waals surface area contributed by atoms with Gasteiger partial charge in [-0.05, 0) is 19.1 Å². The maximum Gasteiger partial charge on any atom is 0.358 e. The highest BCUT2D eigenvalue weighted by molar-refractivity contribution is 5.92.